The van der Waals surface area contributed by atoms with Crippen molar-refractivity contribution < 1.29 is 14.3 Å². The van der Waals surface area contributed by atoms with Crippen LogP contribution in [0.5, 0.6) is 0 Å². The van der Waals surface area contributed by atoms with E-state index in [9.17, 15) is 5.11 Å². The molecule has 2 N–H and O–H groups in total. The number of ether oxygens (including phenoxy) is 1. The van der Waals surface area contributed by atoms with Crippen molar-refractivity contribution in [3.8, 4) is 0 Å². The van der Waals surface area contributed by atoms with Crippen molar-refractivity contribution in [2.24, 2.45) is 0 Å². The van der Waals surface area contributed by atoms with Crippen LogP contribution < -0.4 is 5.32 Å². The molecule has 0 spiro atoms. The molecule has 0 aromatic carbocycles. The van der Waals surface area contributed by atoms with Gasteiger partial charge in [-0.25, -0.2) is 4.98 Å². The van der Waals surface area contributed by atoms with Crippen LogP contribution >= 0.6 is 0 Å². The Balaban J connectivity index is 2.15. The van der Waals surface area contributed by atoms with Crippen LogP contribution in [-0.4, -0.2) is 36.5 Å². The molecule has 80 valence electrons. The molecular formula is C9H16N2O3. The summed E-state index contributed by atoms with van der Waals surface area (Å²) in [6.45, 7) is 3.16. The van der Waals surface area contributed by atoms with Gasteiger partial charge in [0.1, 0.15) is 5.76 Å². The topological polar surface area (TPSA) is 67.5 Å². The van der Waals surface area contributed by atoms with Crippen molar-refractivity contribution in [2.75, 3.05) is 20.3 Å². The maximum atomic E-state index is 9.29. The molecule has 0 saturated carbocycles. The summed E-state index contributed by atoms with van der Waals surface area (Å²) in [6.07, 6.45) is 1.18. The minimum absolute atomic E-state index is 0.331. The van der Waals surface area contributed by atoms with Gasteiger partial charge in [-0.15, -0.1) is 0 Å². The fourth-order valence-electron chi connectivity index (χ4n) is 1.08. The largest absolute Gasteiger partial charge is 0.445 e. The summed E-state index contributed by atoms with van der Waals surface area (Å²) in [7, 11) is 1.56. The molecule has 5 nitrogen and oxygen atoms in total. The first-order chi connectivity index (χ1) is 6.72. The molecule has 0 saturated heterocycles. The van der Waals surface area contributed by atoms with E-state index in [1.165, 1.54) is 0 Å². The third-order valence-corrected chi connectivity index (χ3v) is 1.68. The van der Waals surface area contributed by atoms with Crippen LogP contribution in [-0.2, 0) is 11.3 Å². The Bertz CT molecular complexity index is 262. The number of oxazole rings is 1. The highest BCUT2D eigenvalue weighted by atomic mass is 16.5. The Morgan fingerprint density at radius 1 is 1.71 bits per heavy atom. The van der Waals surface area contributed by atoms with Crippen molar-refractivity contribution >= 4 is 0 Å². The van der Waals surface area contributed by atoms with E-state index < -0.39 is 6.10 Å². The summed E-state index contributed by atoms with van der Waals surface area (Å²) < 4.78 is 10.0. The van der Waals surface area contributed by atoms with Gasteiger partial charge in [-0.05, 0) is 6.92 Å². The fourth-order valence-corrected chi connectivity index (χ4v) is 1.08. The van der Waals surface area contributed by atoms with Gasteiger partial charge in [-0.3, -0.25) is 0 Å². The zero-order valence-electron chi connectivity index (χ0n) is 8.49. The Morgan fingerprint density at radius 3 is 3.07 bits per heavy atom. The molecule has 1 atom stereocenters. The molecule has 1 aromatic heterocycles. The number of hydrogen-bond donors (Lipinski definition) is 2. The monoisotopic (exact) mass is 200 g/mol. The first kappa shape index (κ1) is 11.2. The average Bonchev–Trinajstić information content (AvgIpc) is 2.52. The Kier molecular flexibility index (Phi) is 4.58. The second-order valence-corrected chi connectivity index (χ2v) is 3.10. The molecule has 0 amide bonds. The third kappa shape index (κ3) is 3.87. The number of methoxy groups -OCH3 is 1. The zero-order chi connectivity index (χ0) is 10.4. The van der Waals surface area contributed by atoms with E-state index in [0.717, 1.165) is 5.76 Å². The molecule has 5 heteroatoms. The van der Waals surface area contributed by atoms with Crippen molar-refractivity contribution in [1.82, 2.24) is 10.3 Å². The number of aromatic nitrogens is 1. The number of aliphatic hydroxyl groups excluding tert-OH is 1. The first-order valence-electron chi connectivity index (χ1n) is 4.51. The summed E-state index contributed by atoms with van der Waals surface area (Å²) in [5.74, 6) is 1.42. The zero-order valence-corrected chi connectivity index (χ0v) is 8.49. The van der Waals surface area contributed by atoms with Crippen LogP contribution in [0, 0.1) is 6.92 Å². The van der Waals surface area contributed by atoms with Crippen LogP contribution in [0.1, 0.15) is 11.7 Å². The van der Waals surface area contributed by atoms with Crippen molar-refractivity contribution in [3.05, 3.63) is 17.8 Å². The molecule has 0 aliphatic rings. The third-order valence-electron chi connectivity index (χ3n) is 1.68. The van der Waals surface area contributed by atoms with Gasteiger partial charge in [-0.2, -0.15) is 0 Å². The van der Waals surface area contributed by atoms with Crippen LogP contribution in [0.2, 0.25) is 0 Å². The van der Waals surface area contributed by atoms with Crippen LogP contribution in [0.25, 0.3) is 0 Å². The maximum absolute atomic E-state index is 9.29. The number of aliphatic hydroxyl groups is 1. The van der Waals surface area contributed by atoms with Gasteiger partial charge in [0.2, 0.25) is 5.89 Å². The van der Waals surface area contributed by atoms with E-state index in [2.05, 4.69) is 10.3 Å². The molecule has 0 fully saturated rings. The van der Waals surface area contributed by atoms with Crippen LogP contribution in [0.15, 0.2) is 10.6 Å². The molecule has 0 bridgehead atoms. The van der Waals surface area contributed by atoms with Gasteiger partial charge in [0.25, 0.3) is 0 Å². The van der Waals surface area contributed by atoms with E-state index in [-0.39, 0.29) is 0 Å². The smallest absolute Gasteiger partial charge is 0.208 e. The summed E-state index contributed by atoms with van der Waals surface area (Å²) in [4.78, 5) is 4.02. The number of rotatable bonds is 6. The molecule has 0 radical (unpaired) electrons. The van der Waals surface area contributed by atoms with Crippen LogP contribution in [0.4, 0.5) is 0 Å². The van der Waals surface area contributed by atoms with Gasteiger partial charge in [0.15, 0.2) is 0 Å². The minimum Gasteiger partial charge on any atom is -0.445 e. The highest BCUT2D eigenvalue weighted by molar-refractivity contribution is 4.90. The normalized spacial score (nSPS) is 13.1. The van der Waals surface area contributed by atoms with Gasteiger partial charge in [-0.1, -0.05) is 0 Å². The molecule has 1 unspecified atom stereocenters. The fraction of sp³-hybridized carbons (Fsp3) is 0.667. The number of nitrogens with one attached hydrogen (secondary N) is 1. The molecule has 1 heterocycles. The Labute approximate surface area is 83.1 Å². The highest BCUT2D eigenvalue weighted by Crippen LogP contribution is 2.00. The number of aryl methyl sites for hydroxylation is 1. The predicted octanol–water partition coefficient (Wildman–Crippen LogP) is 0.0799. The van der Waals surface area contributed by atoms with E-state index in [1.54, 1.807) is 13.3 Å². The van der Waals surface area contributed by atoms with Gasteiger partial charge in [0.05, 0.1) is 25.5 Å². The lowest BCUT2D eigenvalue weighted by atomic mass is 10.4. The van der Waals surface area contributed by atoms with E-state index in [4.69, 9.17) is 9.15 Å². The second-order valence-electron chi connectivity index (χ2n) is 3.10. The first-order valence-corrected chi connectivity index (χ1v) is 4.51. The minimum atomic E-state index is -0.490. The van der Waals surface area contributed by atoms with E-state index in [0.29, 0.717) is 25.6 Å². The second kappa shape index (κ2) is 5.74. The molecular weight excluding hydrogens is 184 g/mol. The average molecular weight is 200 g/mol. The van der Waals surface area contributed by atoms with Gasteiger partial charge >= 0.3 is 0 Å². The van der Waals surface area contributed by atoms with Gasteiger partial charge in [0, 0.05) is 13.7 Å². The summed E-state index contributed by atoms with van der Waals surface area (Å²) in [5, 5.41) is 12.3. The summed E-state index contributed by atoms with van der Waals surface area (Å²) in [6, 6.07) is 0. The Hall–Kier alpha value is -0.910. The Morgan fingerprint density at radius 2 is 2.50 bits per heavy atom. The SMILES string of the molecule is COCC(O)CNCc1ncc(C)o1. The maximum Gasteiger partial charge on any atom is 0.208 e. The van der Waals surface area contributed by atoms with Crippen molar-refractivity contribution in [3.63, 3.8) is 0 Å². The molecule has 14 heavy (non-hydrogen) atoms. The molecule has 1 aromatic rings. The summed E-state index contributed by atoms with van der Waals surface area (Å²) >= 11 is 0. The van der Waals surface area contributed by atoms with E-state index in [1.807, 2.05) is 6.92 Å². The molecule has 0 aliphatic heterocycles. The predicted molar refractivity (Wildman–Crippen MR) is 50.8 cm³/mol. The van der Waals surface area contributed by atoms with Crippen molar-refractivity contribution in [1.29, 1.82) is 0 Å². The summed E-state index contributed by atoms with van der Waals surface area (Å²) in [5.41, 5.74) is 0. The molecule has 1 rings (SSSR count). The van der Waals surface area contributed by atoms with Crippen molar-refractivity contribution in [2.45, 2.75) is 19.6 Å². The van der Waals surface area contributed by atoms with Gasteiger partial charge < -0.3 is 19.6 Å². The number of nitrogens with zero attached hydrogens (tertiary/aromatic N) is 1. The lowest BCUT2D eigenvalue weighted by molar-refractivity contribution is 0.0640. The van der Waals surface area contributed by atoms with E-state index >= 15 is 0 Å². The lowest BCUT2D eigenvalue weighted by Gasteiger charge is -2.08. The molecule has 0 aliphatic carbocycles. The highest BCUT2D eigenvalue weighted by Gasteiger charge is 2.04. The standard InChI is InChI=1S/C9H16N2O3/c1-7-3-11-9(14-7)5-10-4-8(12)6-13-2/h3,8,10,12H,4-6H2,1-2H3. The van der Waals surface area contributed by atoms with Crippen LogP contribution in [0.3, 0.4) is 0 Å². The quantitative estimate of drug-likeness (QED) is 0.680. The number of hydrogen-bond acceptors (Lipinski definition) is 5. The lowest BCUT2D eigenvalue weighted by Crippen LogP contribution is -2.29.